The molecule has 0 aromatic heterocycles. The van der Waals surface area contributed by atoms with Crippen molar-refractivity contribution in [2.75, 3.05) is 6.54 Å². The molecule has 24 heavy (non-hydrogen) atoms. The second-order valence-electron chi connectivity index (χ2n) is 5.77. The molecule has 122 valence electrons. The highest BCUT2D eigenvalue weighted by Gasteiger charge is 2.35. The lowest BCUT2D eigenvalue weighted by atomic mass is 10.1. The van der Waals surface area contributed by atoms with Gasteiger partial charge in [0.1, 0.15) is 12.0 Å². The standard InChI is InChI=1S/C19H17NO4/c21-13-15-6-8-17(9-7-15)24-19(23)16-10-18(22)20(12-16)11-14-4-2-1-3-5-14/h1-9,13,16H,10-12H2/t16-/m1/s1. The molecule has 0 bridgehead atoms. The summed E-state index contributed by atoms with van der Waals surface area (Å²) in [7, 11) is 0. The molecule has 2 aromatic carbocycles. The number of nitrogens with zero attached hydrogens (tertiary/aromatic N) is 1. The first-order valence-corrected chi connectivity index (χ1v) is 7.74. The van der Waals surface area contributed by atoms with Crippen LogP contribution in [-0.2, 0) is 16.1 Å². The number of hydrogen-bond donors (Lipinski definition) is 0. The summed E-state index contributed by atoms with van der Waals surface area (Å²) in [6.45, 7) is 0.858. The number of esters is 1. The Balaban J connectivity index is 1.60. The fraction of sp³-hybridized carbons (Fsp3) is 0.211. The molecular formula is C19H17NO4. The molecule has 0 N–H and O–H groups in total. The molecule has 5 heteroatoms. The quantitative estimate of drug-likeness (QED) is 0.482. The molecule has 1 aliphatic rings. The second kappa shape index (κ2) is 7.08. The van der Waals surface area contributed by atoms with Crippen molar-refractivity contribution in [2.24, 2.45) is 5.92 Å². The molecule has 1 aliphatic heterocycles. The second-order valence-corrected chi connectivity index (χ2v) is 5.77. The van der Waals surface area contributed by atoms with Gasteiger partial charge in [-0.15, -0.1) is 0 Å². The van der Waals surface area contributed by atoms with Gasteiger partial charge in [0.25, 0.3) is 0 Å². The highest BCUT2D eigenvalue weighted by atomic mass is 16.5. The zero-order valence-corrected chi connectivity index (χ0v) is 13.1. The lowest BCUT2D eigenvalue weighted by Crippen LogP contribution is -2.27. The van der Waals surface area contributed by atoms with Crippen LogP contribution in [0.3, 0.4) is 0 Å². The maximum Gasteiger partial charge on any atom is 0.316 e. The van der Waals surface area contributed by atoms with Gasteiger partial charge in [-0.3, -0.25) is 14.4 Å². The molecule has 5 nitrogen and oxygen atoms in total. The van der Waals surface area contributed by atoms with Crippen LogP contribution in [0.25, 0.3) is 0 Å². The van der Waals surface area contributed by atoms with Crippen LogP contribution in [0.2, 0.25) is 0 Å². The molecule has 1 heterocycles. The number of rotatable bonds is 5. The summed E-state index contributed by atoms with van der Waals surface area (Å²) in [5.74, 6) is -0.554. The number of benzene rings is 2. The van der Waals surface area contributed by atoms with Crippen LogP contribution in [0.15, 0.2) is 54.6 Å². The van der Waals surface area contributed by atoms with Crippen molar-refractivity contribution >= 4 is 18.2 Å². The predicted octanol–water partition coefficient (Wildman–Crippen LogP) is 2.45. The molecule has 0 saturated carbocycles. The highest BCUT2D eigenvalue weighted by Crippen LogP contribution is 2.23. The molecular weight excluding hydrogens is 306 g/mol. The number of carbonyl (C=O) groups excluding carboxylic acids is 3. The van der Waals surface area contributed by atoms with Crippen LogP contribution < -0.4 is 4.74 Å². The molecule has 0 spiro atoms. The summed E-state index contributed by atoms with van der Waals surface area (Å²) in [5.41, 5.74) is 1.55. The van der Waals surface area contributed by atoms with E-state index in [1.54, 1.807) is 29.2 Å². The van der Waals surface area contributed by atoms with Crippen LogP contribution >= 0.6 is 0 Å². The van der Waals surface area contributed by atoms with Gasteiger partial charge < -0.3 is 9.64 Å². The SMILES string of the molecule is O=Cc1ccc(OC(=O)[C@@H]2CC(=O)N(Cc3ccccc3)C2)cc1. The Kier molecular flexibility index (Phi) is 4.70. The average molecular weight is 323 g/mol. The predicted molar refractivity (Wildman–Crippen MR) is 87.4 cm³/mol. The van der Waals surface area contributed by atoms with Crippen molar-refractivity contribution in [3.63, 3.8) is 0 Å². The van der Waals surface area contributed by atoms with Gasteiger partial charge in [0.2, 0.25) is 5.91 Å². The van der Waals surface area contributed by atoms with E-state index in [9.17, 15) is 14.4 Å². The normalized spacial score (nSPS) is 16.9. The van der Waals surface area contributed by atoms with Crippen molar-refractivity contribution in [1.82, 2.24) is 4.90 Å². The van der Waals surface area contributed by atoms with Gasteiger partial charge in [0.05, 0.1) is 5.92 Å². The van der Waals surface area contributed by atoms with E-state index >= 15 is 0 Å². The van der Waals surface area contributed by atoms with E-state index in [4.69, 9.17) is 4.74 Å². The molecule has 3 rings (SSSR count). The van der Waals surface area contributed by atoms with Gasteiger partial charge in [-0.1, -0.05) is 30.3 Å². The van der Waals surface area contributed by atoms with E-state index in [-0.39, 0.29) is 12.3 Å². The van der Waals surface area contributed by atoms with Crippen LogP contribution in [0.5, 0.6) is 5.75 Å². The Morgan fingerprint density at radius 3 is 2.50 bits per heavy atom. The largest absolute Gasteiger partial charge is 0.426 e. The zero-order valence-electron chi connectivity index (χ0n) is 13.1. The van der Waals surface area contributed by atoms with E-state index in [2.05, 4.69) is 0 Å². The Morgan fingerprint density at radius 2 is 1.83 bits per heavy atom. The number of likely N-dealkylation sites (tertiary alicyclic amines) is 1. The van der Waals surface area contributed by atoms with Gasteiger partial charge >= 0.3 is 5.97 Å². The van der Waals surface area contributed by atoms with E-state index in [0.717, 1.165) is 11.8 Å². The third-order valence-electron chi connectivity index (χ3n) is 4.00. The first-order valence-electron chi connectivity index (χ1n) is 7.74. The van der Waals surface area contributed by atoms with Gasteiger partial charge in [-0.05, 0) is 29.8 Å². The van der Waals surface area contributed by atoms with Crippen LogP contribution in [0, 0.1) is 5.92 Å². The molecule has 0 radical (unpaired) electrons. The maximum absolute atomic E-state index is 12.2. The molecule has 0 aliphatic carbocycles. The van der Waals surface area contributed by atoms with Crippen LogP contribution in [0.4, 0.5) is 0 Å². The van der Waals surface area contributed by atoms with Crippen molar-refractivity contribution in [3.8, 4) is 5.75 Å². The van der Waals surface area contributed by atoms with E-state index in [0.29, 0.717) is 24.4 Å². The van der Waals surface area contributed by atoms with E-state index < -0.39 is 11.9 Å². The van der Waals surface area contributed by atoms with E-state index in [1.165, 1.54) is 0 Å². The fourth-order valence-electron chi connectivity index (χ4n) is 2.70. The third-order valence-corrected chi connectivity index (χ3v) is 4.00. The average Bonchev–Trinajstić information content (AvgIpc) is 2.97. The monoisotopic (exact) mass is 323 g/mol. The summed E-state index contributed by atoms with van der Waals surface area (Å²) in [5, 5.41) is 0. The molecule has 1 saturated heterocycles. The van der Waals surface area contributed by atoms with Crippen LogP contribution in [0.1, 0.15) is 22.3 Å². The number of ether oxygens (including phenoxy) is 1. The highest BCUT2D eigenvalue weighted by molar-refractivity contribution is 5.87. The van der Waals surface area contributed by atoms with Gasteiger partial charge in [-0.2, -0.15) is 0 Å². The van der Waals surface area contributed by atoms with Crippen molar-refractivity contribution in [3.05, 3.63) is 65.7 Å². The molecule has 1 amide bonds. The van der Waals surface area contributed by atoms with Crippen molar-refractivity contribution in [1.29, 1.82) is 0 Å². The first kappa shape index (κ1) is 15.9. The lowest BCUT2D eigenvalue weighted by molar-refractivity contribution is -0.139. The van der Waals surface area contributed by atoms with Crippen molar-refractivity contribution in [2.45, 2.75) is 13.0 Å². The Morgan fingerprint density at radius 1 is 1.12 bits per heavy atom. The number of carbonyl (C=O) groups is 3. The molecule has 1 fully saturated rings. The summed E-state index contributed by atoms with van der Waals surface area (Å²) >= 11 is 0. The number of hydrogen-bond acceptors (Lipinski definition) is 4. The third kappa shape index (κ3) is 3.68. The Labute approximate surface area is 139 Å². The van der Waals surface area contributed by atoms with Gasteiger partial charge in [0, 0.05) is 25.1 Å². The summed E-state index contributed by atoms with van der Waals surface area (Å²) in [6, 6.07) is 16.0. The van der Waals surface area contributed by atoms with Crippen LogP contribution in [-0.4, -0.2) is 29.6 Å². The first-order chi connectivity index (χ1) is 11.7. The Hall–Kier alpha value is -2.95. The summed E-state index contributed by atoms with van der Waals surface area (Å²) in [4.78, 5) is 36.6. The maximum atomic E-state index is 12.2. The summed E-state index contributed by atoms with van der Waals surface area (Å²) < 4.78 is 5.31. The molecule has 1 atom stereocenters. The lowest BCUT2D eigenvalue weighted by Gasteiger charge is -2.16. The van der Waals surface area contributed by atoms with Crippen molar-refractivity contribution < 1.29 is 19.1 Å². The number of amides is 1. The minimum atomic E-state index is -0.466. The topological polar surface area (TPSA) is 63.7 Å². The Bertz CT molecular complexity index is 740. The minimum Gasteiger partial charge on any atom is -0.426 e. The smallest absolute Gasteiger partial charge is 0.316 e. The summed E-state index contributed by atoms with van der Waals surface area (Å²) in [6.07, 6.45) is 0.890. The minimum absolute atomic E-state index is 0.0443. The van der Waals surface area contributed by atoms with Gasteiger partial charge in [-0.25, -0.2) is 0 Å². The van der Waals surface area contributed by atoms with Gasteiger partial charge in [0.15, 0.2) is 0 Å². The number of aldehydes is 1. The molecule has 2 aromatic rings. The molecule has 0 unspecified atom stereocenters. The van der Waals surface area contributed by atoms with E-state index in [1.807, 2.05) is 30.3 Å². The fourth-order valence-corrected chi connectivity index (χ4v) is 2.70. The zero-order chi connectivity index (χ0) is 16.9.